The van der Waals surface area contributed by atoms with Crippen molar-refractivity contribution in [3.8, 4) is 11.5 Å². The summed E-state index contributed by atoms with van der Waals surface area (Å²) >= 11 is 0. The van der Waals surface area contributed by atoms with E-state index in [1.165, 1.54) is 24.1 Å². The summed E-state index contributed by atoms with van der Waals surface area (Å²) in [6.07, 6.45) is 0.651. The fourth-order valence-electron chi connectivity index (χ4n) is 6.34. The highest BCUT2D eigenvalue weighted by Gasteiger charge is 2.28. The molecule has 0 aromatic heterocycles. The van der Waals surface area contributed by atoms with E-state index in [9.17, 15) is 28.4 Å². The van der Waals surface area contributed by atoms with Crippen LogP contribution in [0.5, 0.6) is 11.5 Å². The van der Waals surface area contributed by atoms with Crippen LogP contribution in [0.15, 0.2) is 103 Å². The van der Waals surface area contributed by atoms with Crippen molar-refractivity contribution in [2.45, 2.75) is 57.0 Å². The molecule has 5 rings (SSSR count). The molecule has 2 atom stereocenters. The molecule has 0 unspecified atom stereocenters. The molecule has 12 nitrogen and oxygen atoms in total. The lowest BCUT2D eigenvalue weighted by Gasteiger charge is -2.27. The molecular weight excluding hydrogens is 730 g/mol. The van der Waals surface area contributed by atoms with E-state index in [2.05, 4.69) is 21.3 Å². The van der Waals surface area contributed by atoms with Crippen molar-refractivity contribution in [1.82, 2.24) is 26.2 Å². The van der Waals surface area contributed by atoms with Gasteiger partial charge in [-0.2, -0.15) is 0 Å². The van der Waals surface area contributed by atoms with Gasteiger partial charge in [0.15, 0.2) is 0 Å². The summed E-state index contributed by atoms with van der Waals surface area (Å²) in [5.74, 6) is -2.02. The number of rotatable bonds is 6. The van der Waals surface area contributed by atoms with Crippen LogP contribution in [-0.2, 0) is 26.2 Å². The maximum absolute atomic E-state index is 13.8. The molecule has 13 heteroatoms. The molecule has 4 aromatic carbocycles. The molecule has 0 saturated carbocycles. The number of nitrogens with zero attached hydrogens (tertiary/aromatic N) is 1. The second-order valence-corrected chi connectivity index (χ2v) is 14.6. The van der Waals surface area contributed by atoms with Gasteiger partial charge < -0.3 is 35.6 Å². The number of hydrogen-bond donors (Lipinski definition) is 4. The number of amides is 5. The lowest BCUT2D eigenvalue weighted by atomic mass is 9.84. The van der Waals surface area contributed by atoms with Gasteiger partial charge in [0.2, 0.25) is 17.7 Å². The molecule has 4 aromatic rings. The summed E-state index contributed by atoms with van der Waals surface area (Å²) in [4.78, 5) is 68.9. The van der Waals surface area contributed by atoms with Crippen molar-refractivity contribution in [2.75, 3.05) is 39.9 Å². The van der Waals surface area contributed by atoms with Crippen LogP contribution in [0.4, 0.5) is 4.39 Å². The number of fused-ring (bicyclic) bond motifs is 2. The van der Waals surface area contributed by atoms with Crippen LogP contribution in [0.3, 0.4) is 0 Å². The van der Waals surface area contributed by atoms with Gasteiger partial charge >= 0.3 is 0 Å². The van der Waals surface area contributed by atoms with Crippen LogP contribution >= 0.6 is 0 Å². The summed E-state index contributed by atoms with van der Waals surface area (Å²) in [5, 5.41) is 11.6. The second-order valence-electron chi connectivity index (χ2n) is 14.6. The molecular formula is C44H50FN5O7. The van der Waals surface area contributed by atoms with Crippen molar-refractivity contribution in [2.24, 2.45) is 0 Å². The Morgan fingerprint density at radius 1 is 0.825 bits per heavy atom. The first-order valence-corrected chi connectivity index (χ1v) is 19.0. The summed E-state index contributed by atoms with van der Waals surface area (Å²) in [6, 6.07) is 27.2. The van der Waals surface area contributed by atoms with E-state index in [1.54, 1.807) is 60.7 Å². The minimum atomic E-state index is -1.11. The zero-order valence-corrected chi connectivity index (χ0v) is 32.5. The molecule has 57 heavy (non-hydrogen) atoms. The fraction of sp³-hybridized carbons (Fsp3) is 0.341. The Hall–Kier alpha value is -6.24. The standard InChI is InChI=1S/C44H50FN5O7/c1-44(2,31-18-20-32(45)21-19-31)29-47-42(54)36-22-23-39(51)48-33(26-30-12-5-4-6-13-30)28-57-38-17-10-8-15-35(38)43(55)50(3)27-40(52)46-24-11-25-56-37-16-9-7-14-34(37)41(53)49-36/h4-10,12-21,33,36H,11,22-29H2,1-3H3,(H,46,52)(H,47,54)(H,48,51)(H,49,53)/t33-,36+/m1/s1. The lowest BCUT2D eigenvalue weighted by molar-refractivity contribution is -0.124. The van der Waals surface area contributed by atoms with Gasteiger partial charge in [-0.3, -0.25) is 24.0 Å². The molecule has 1 aliphatic heterocycles. The topological polar surface area (TPSA) is 155 Å². The van der Waals surface area contributed by atoms with Crippen LogP contribution in [0.1, 0.15) is 65.0 Å². The summed E-state index contributed by atoms with van der Waals surface area (Å²) in [6.45, 7) is 4.22. The van der Waals surface area contributed by atoms with Crippen LogP contribution in [0.2, 0.25) is 0 Å². The monoisotopic (exact) mass is 779 g/mol. The molecule has 1 heterocycles. The summed E-state index contributed by atoms with van der Waals surface area (Å²) < 4.78 is 25.8. The van der Waals surface area contributed by atoms with Gasteiger partial charge in [-0.25, -0.2) is 4.39 Å². The molecule has 0 bridgehead atoms. The van der Waals surface area contributed by atoms with E-state index >= 15 is 0 Å². The van der Waals surface area contributed by atoms with Gasteiger partial charge in [-0.15, -0.1) is 0 Å². The zero-order valence-electron chi connectivity index (χ0n) is 32.5. The van der Waals surface area contributed by atoms with Crippen molar-refractivity contribution in [3.63, 3.8) is 0 Å². The Labute approximate surface area is 332 Å². The van der Waals surface area contributed by atoms with Gasteiger partial charge in [0.25, 0.3) is 11.8 Å². The predicted molar refractivity (Wildman–Crippen MR) is 213 cm³/mol. The van der Waals surface area contributed by atoms with Gasteiger partial charge in [0, 0.05) is 32.0 Å². The maximum atomic E-state index is 13.8. The highest BCUT2D eigenvalue weighted by Crippen LogP contribution is 2.24. The fourth-order valence-corrected chi connectivity index (χ4v) is 6.34. The average molecular weight is 780 g/mol. The van der Waals surface area contributed by atoms with E-state index in [4.69, 9.17) is 9.47 Å². The first kappa shape index (κ1) is 41.9. The van der Waals surface area contributed by atoms with Crippen molar-refractivity contribution in [1.29, 1.82) is 0 Å². The highest BCUT2D eigenvalue weighted by molar-refractivity contribution is 6.00. The van der Waals surface area contributed by atoms with Crippen LogP contribution in [0, 0.1) is 5.82 Å². The van der Waals surface area contributed by atoms with Crippen LogP contribution in [-0.4, -0.2) is 86.4 Å². The first-order valence-electron chi connectivity index (χ1n) is 19.0. The highest BCUT2D eigenvalue weighted by atomic mass is 19.1. The quantitative estimate of drug-likeness (QED) is 0.224. The second kappa shape index (κ2) is 20.1. The molecule has 0 radical (unpaired) electrons. The summed E-state index contributed by atoms with van der Waals surface area (Å²) in [7, 11) is 1.53. The van der Waals surface area contributed by atoms with Gasteiger partial charge in [0.05, 0.1) is 30.3 Å². The minimum Gasteiger partial charge on any atom is -0.493 e. The van der Waals surface area contributed by atoms with E-state index < -0.39 is 35.2 Å². The molecule has 5 amide bonds. The minimum absolute atomic E-state index is 0.00499. The molecule has 1 aliphatic rings. The largest absolute Gasteiger partial charge is 0.493 e. The molecule has 0 aliphatic carbocycles. The molecule has 4 N–H and O–H groups in total. The molecule has 0 fully saturated rings. The lowest BCUT2D eigenvalue weighted by Crippen LogP contribution is -2.50. The smallest absolute Gasteiger partial charge is 0.257 e. The predicted octanol–water partition coefficient (Wildman–Crippen LogP) is 4.58. The zero-order chi connectivity index (χ0) is 40.8. The molecule has 0 saturated heterocycles. The van der Waals surface area contributed by atoms with Gasteiger partial charge in [-0.05, 0) is 66.8 Å². The van der Waals surface area contributed by atoms with Crippen molar-refractivity contribution >= 4 is 29.5 Å². The number of halogens is 1. The Bertz CT molecular complexity index is 2010. The number of para-hydroxylation sites is 2. The molecule has 300 valence electrons. The van der Waals surface area contributed by atoms with E-state index in [0.717, 1.165) is 11.1 Å². The number of likely N-dealkylation sites (N-methyl/N-ethyl adjacent to an activating group) is 1. The van der Waals surface area contributed by atoms with Crippen LogP contribution < -0.4 is 30.7 Å². The van der Waals surface area contributed by atoms with Gasteiger partial charge in [-0.1, -0.05) is 80.6 Å². The summed E-state index contributed by atoms with van der Waals surface area (Å²) in [5.41, 5.74) is 1.61. The number of benzene rings is 4. The van der Waals surface area contributed by atoms with E-state index in [0.29, 0.717) is 18.6 Å². The van der Waals surface area contributed by atoms with Crippen molar-refractivity contribution in [3.05, 3.63) is 131 Å². The number of carbonyl (C=O) groups excluding carboxylic acids is 5. The number of ether oxygens (including phenoxy) is 2. The Balaban J connectivity index is 1.40. The Morgan fingerprint density at radius 3 is 2.19 bits per heavy atom. The molecule has 0 spiro atoms. The SMILES string of the molecule is CN1CC(=O)NCCCOc2ccccc2C(=O)N[C@H](C(=O)NCC(C)(C)c2ccc(F)cc2)CCC(=O)N[C@H](Cc2ccccc2)COc2ccccc2C1=O. The number of hydrogen-bond acceptors (Lipinski definition) is 7. The third kappa shape index (κ3) is 12.4. The third-order valence-electron chi connectivity index (χ3n) is 9.62. The average Bonchev–Trinajstić information content (AvgIpc) is 3.20. The van der Waals surface area contributed by atoms with Crippen LogP contribution in [0.25, 0.3) is 0 Å². The van der Waals surface area contributed by atoms with Crippen molar-refractivity contribution < 1.29 is 37.8 Å². The maximum Gasteiger partial charge on any atom is 0.257 e. The number of carbonyl (C=O) groups is 5. The Kier molecular flexibility index (Phi) is 14.8. The van der Waals surface area contributed by atoms with E-state index in [1.807, 2.05) is 44.2 Å². The normalized spacial score (nSPS) is 18.0. The van der Waals surface area contributed by atoms with E-state index in [-0.39, 0.29) is 80.2 Å². The first-order chi connectivity index (χ1) is 27.4. The number of nitrogens with one attached hydrogen (secondary N) is 4. The van der Waals surface area contributed by atoms with Gasteiger partial charge in [0.1, 0.15) is 30.0 Å². The Morgan fingerprint density at radius 2 is 1.47 bits per heavy atom. The third-order valence-corrected chi connectivity index (χ3v) is 9.62.